The first-order valence-corrected chi connectivity index (χ1v) is 15.2. The first-order chi connectivity index (χ1) is 17.3. The SMILES string of the molecule is Cc1ccc([P+](CC(=O)NC2CC(C)(C)N([O])C(C)(C)C2)(c2ccc(C)cc2)c2ccc(C)cc2)cc1. The second-order valence-electron chi connectivity index (χ2n) is 12.1. The van der Waals surface area contributed by atoms with Gasteiger partial charge in [0.1, 0.15) is 23.2 Å². The molecule has 0 saturated carbocycles. The van der Waals surface area contributed by atoms with E-state index in [1.165, 1.54) is 37.7 Å². The lowest BCUT2D eigenvalue weighted by Crippen LogP contribution is -2.62. The van der Waals surface area contributed by atoms with E-state index in [1.54, 1.807) is 0 Å². The van der Waals surface area contributed by atoms with Crippen LogP contribution in [0.4, 0.5) is 0 Å². The van der Waals surface area contributed by atoms with E-state index < -0.39 is 18.3 Å². The van der Waals surface area contributed by atoms with Gasteiger partial charge in [-0.2, -0.15) is 0 Å². The number of piperidine rings is 1. The lowest BCUT2D eigenvalue weighted by atomic mass is 9.79. The summed E-state index contributed by atoms with van der Waals surface area (Å²) in [7, 11) is -2.30. The summed E-state index contributed by atoms with van der Waals surface area (Å²) in [5, 5.41) is 21.1. The van der Waals surface area contributed by atoms with Crippen molar-refractivity contribution in [2.75, 3.05) is 6.16 Å². The average Bonchev–Trinajstić information content (AvgIpc) is 2.82. The van der Waals surface area contributed by atoms with Gasteiger partial charge in [0.05, 0.1) is 0 Å². The fourth-order valence-electron chi connectivity index (χ4n) is 5.97. The molecule has 3 aromatic rings. The Bertz CT molecular complexity index is 1100. The van der Waals surface area contributed by atoms with Crippen LogP contribution < -0.4 is 21.2 Å². The van der Waals surface area contributed by atoms with Crippen molar-refractivity contribution < 1.29 is 10.0 Å². The molecular formula is C32H41N2O2P+. The third-order valence-electron chi connectivity index (χ3n) is 7.76. The van der Waals surface area contributed by atoms with Crippen molar-refractivity contribution in [1.82, 2.24) is 10.4 Å². The highest BCUT2D eigenvalue weighted by molar-refractivity contribution is 7.96. The maximum absolute atomic E-state index is 14.0. The van der Waals surface area contributed by atoms with Gasteiger partial charge in [-0.1, -0.05) is 53.1 Å². The van der Waals surface area contributed by atoms with Crippen LogP contribution in [-0.2, 0) is 10.0 Å². The van der Waals surface area contributed by atoms with E-state index in [2.05, 4.69) is 98.9 Å². The molecule has 195 valence electrons. The number of hydroxylamine groups is 2. The first kappa shape index (κ1) is 27.5. The van der Waals surface area contributed by atoms with E-state index in [1.807, 2.05) is 27.7 Å². The largest absolute Gasteiger partial charge is 0.350 e. The van der Waals surface area contributed by atoms with Crippen molar-refractivity contribution in [3.63, 3.8) is 0 Å². The maximum atomic E-state index is 14.0. The van der Waals surface area contributed by atoms with Crippen molar-refractivity contribution in [2.45, 2.75) is 78.4 Å². The van der Waals surface area contributed by atoms with Crippen LogP contribution in [0.2, 0.25) is 0 Å². The van der Waals surface area contributed by atoms with Crippen molar-refractivity contribution in [2.24, 2.45) is 0 Å². The quantitative estimate of drug-likeness (QED) is 0.447. The van der Waals surface area contributed by atoms with Gasteiger partial charge >= 0.3 is 0 Å². The second kappa shape index (κ2) is 10.3. The Labute approximate surface area is 223 Å². The number of rotatable bonds is 6. The summed E-state index contributed by atoms with van der Waals surface area (Å²) in [5.41, 5.74) is 2.54. The maximum Gasteiger partial charge on any atom is 0.259 e. The summed E-state index contributed by atoms with van der Waals surface area (Å²) in [6.45, 7) is 14.2. The smallest absolute Gasteiger partial charge is 0.259 e. The van der Waals surface area contributed by atoms with Crippen LogP contribution >= 0.6 is 7.26 Å². The molecule has 0 bridgehead atoms. The second-order valence-corrected chi connectivity index (χ2v) is 15.6. The van der Waals surface area contributed by atoms with Crippen molar-refractivity contribution in [3.05, 3.63) is 89.5 Å². The molecule has 0 atom stereocenters. The molecular weight excluding hydrogens is 475 g/mol. The predicted octanol–water partition coefficient (Wildman–Crippen LogP) is 5.39. The summed E-state index contributed by atoms with van der Waals surface area (Å²) in [6, 6.07) is 26.1. The molecule has 3 aromatic carbocycles. The Morgan fingerprint density at radius 2 is 1.05 bits per heavy atom. The Morgan fingerprint density at radius 3 is 1.38 bits per heavy atom. The minimum atomic E-state index is -2.30. The third kappa shape index (κ3) is 5.67. The minimum Gasteiger partial charge on any atom is -0.350 e. The lowest BCUT2D eigenvalue weighted by Gasteiger charge is -2.50. The molecule has 37 heavy (non-hydrogen) atoms. The molecule has 1 amide bonds. The summed E-state index contributed by atoms with van der Waals surface area (Å²) < 4.78 is 0. The van der Waals surface area contributed by atoms with E-state index in [0.29, 0.717) is 19.0 Å². The molecule has 1 saturated heterocycles. The molecule has 1 radical (unpaired) electrons. The van der Waals surface area contributed by atoms with Crippen LogP contribution in [0.25, 0.3) is 0 Å². The Hall–Kier alpha value is -2.52. The fourth-order valence-corrected chi connectivity index (χ4v) is 9.91. The summed E-state index contributed by atoms with van der Waals surface area (Å²) in [4.78, 5) is 14.0. The van der Waals surface area contributed by atoms with Gasteiger partial charge in [0, 0.05) is 17.1 Å². The summed E-state index contributed by atoms with van der Waals surface area (Å²) >= 11 is 0. The number of carbonyl (C=O) groups is 1. The molecule has 0 aliphatic carbocycles. The Balaban J connectivity index is 1.79. The average molecular weight is 517 g/mol. The van der Waals surface area contributed by atoms with Gasteiger partial charge in [-0.25, -0.2) is 0 Å². The summed E-state index contributed by atoms with van der Waals surface area (Å²) in [5.74, 6) is 0.0472. The molecule has 0 aromatic heterocycles. The number of benzene rings is 3. The number of hydrogen-bond acceptors (Lipinski definition) is 2. The Morgan fingerprint density at radius 1 is 0.730 bits per heavy atom. The number of amides is 1. The molecule has 1 N–H and O–H groups in total. The highest BCUT2D eigenvalue weighted by Crippen LogP contribution is 2.55. The van der Waals surface area contributed by atoms with E-state index in [9.17, 15) is 10.0 Å². The monoisotopic (exact) mass is 516 g/mol. The molecule has 1 fully saturated rings. The highest BCUT2D eigenvalue weighted by Gasteiger charge is 2.50. The van der Waals surface area contributed by atoms with E-state index in [4.69, 9.17) is 0 Å². The van der Waals surface area contributed by atoms with Gasteiger partial charge in [0.15, 0.2) is 6.16 Å². The zero-order valence-electron chi connectivity index (χ0n) is 23.3. The zero-order valence-corrected chi connectivity index (χ0v) is 24.2. The fraction of sp³-hybridized carbons (Fsp3) is 0.406. The first-order valence-electron chi connectivity index (χ1n) is 13.2. The molecule has 4 rings (SSSR count). The van der Waals surface area contributed by atoms with Crippen LogP contribution in [0.1, 0.15) is 57.2 Å². The molecule has 0 unspecified atom stereocenters. The highest BCUT2D eigenvalue weighted by atomic mass is 31.2. The standard InChI is InChI=1S/C32H40N2O2P/c1-23-8-14-27(15-9-23)37(28-16-10-24(2)11-17-28,29-18-12-25(3)13-19-29)22-30(35)33-26-20-31(4,5)34(36)32(6,7)21-26/h8-19,26H,20-22H2,1-7H3/p+1. The van der Waals surface area contributed by atoms with Gasteiger partial charge < -0.3 is 5.32 Å². The summed E-state index contributed by atoms with van der Waals surface area (Å²) in [6.07, 6.45) is 1.66. The van der Waals surface area contributed by atoms with E-state index in [-0.39, 0.29) is 11.9 Å². The Kier molecular flexibility index (Phi) is 7.68. The molecule has 0 spiro atoms. The van der Waals surface area contributed by atoms with Gasteiger partial charge in [-0.3, -0.25) is 4.79 Å². The third-order valence-corrected chi connectivity index (χ3v) is 12.1. The molecule has 4 nitrogen and oxygen atoms in total. The van der Waals surface area contributed by atoms with Crippen molar-refractivity contribution in [3.8, 4) is 0 Å². The molecule has 5 heteroatoms. The van der Waals surface area contributed by atoms with Gasteiger partial charge in [-0.15, -0.1) is 10.3 Å². The van der Waals surface area contributed by atoms with E-state index >= 15 is 0 Å². The van der Waals surface area contributed by atoms with Crippen molar-refractivity contribution >= 4 is 29.1 Å². The number of nitrogens with one attached hydrogen (secondary N) is 1. The topological polar surface area (TPSA) is 52.2 Å². The molecule has 1 aliphatic rings. The van der Waals surface area contributed by atoms with Crippen LogP contribution in [0.3, 0.4) is 0 Å². The minimum absolute atomic E-state index is 0.0429. The van der Waals surface area contributed by atoms with Gasteiger partial charge in [0.25, 0.3) is 5.91 Å². The van der Waals surface area contributed by atoms with Crippen LogP contribution in [-0.4, -0.2) is 34.3 Å². The van der Waals surface area contributed by atoms with Gasteiger partial charge in [0.2, 0.25) is 0 Å². The molecule has 1 heterocycles. The molecule has 1 aliphatic heterocycles. The number of nitrogens with zero attached hydrogens (tertiary/aromatic N) is 1. The zero-order chi connectivity index (χ0) is 27.0. The number of hydrogen-bond donors (Lipinski definition) is 1. The lowest BCUT2D eigenvalue weighted by molar-refractivity contribution is -0.290. The normalized spacial score (nSPS) is 17.9. The number of aryl methyl sites for hydroxylation is 3. The van der Waals surface area contributed by atoms with E-state index in [0.717, 1.165) is 0 Å². The van der Waals surface area contributed by atoms with Crippen LogP contribution in [0.15, 0.2) is 72.8 Å². The van der Waals surface area contributed by atoms with Crippen LogP contribution in [0.5, 0.6) is 0 Å². The predicted molar refractivity (Wildman–Crippen MR) is 156 cm³/mol. The number of carbonyl (C=O) groups excluding carboxylic acids is 1. The van der Waals surface area contributed by atoms with Crippen molar-refractivity contribution in [1.29, 1.82) is 0 Å². The van der Waals surface area contributed by atoms with Crippen LogP contribution in [0, 0.1) is 20.8 Å². The van der Waals surface area contributed by atoms with Gasteiger partial charge in [-0.05, 0) is 97.7 Å².